The van der Waals surface area contributed by atoms with Crippen molar-refractivity contribution in [3.8, 4) is 5.75 Å². The lowest BCUT2D eigenvalue weighted by molar-refractivity contribution is 0.0785. The van der Waals surface area contributed by atoms with Crippen molar-refractivity contribution >= 4 is 23.4 Å². The van der Waals surface area contributed by atoms with Crippen molar-refractivity contribution in [1.29, 1.82) is 0 Å². The zero-order valence-electron chi connectivity index (χ0n) is 19.1. The zero-order chi connectivity index (χ0) is 24.4. The molecule has 8 nitrogen and oxygen atoms in total. The molecule has 0 fully saturated rings. The van der Waals surface area contributed by atoms with Gasteiger partial charge in [-0.1, -0.05) is 30.7 Å². The number of hydrogen-bond donors (Lipinski definition) is 3. The monoisotopic (exact) mass is 478 g/mol. The average molecular weight is 479 g/mol. The summed E-state index contributed by atoms with van der Waals surface area (Å²) in [5.74, 6) is -2.68. The Hall–Kier alpha value is -2.91. The Morgan fingerprint density at radius 3 is 2.67 bits per heavy atom. The first-order valence-corrected chi connectivity index (χ1v) is 11.2. The molecule has 0 unspecified atom stereocenters. The number of nitrogens with zero attached hydrogens (tertiary/aromatic N) is 2. The van der Waals surface area contributed by atoms with Gasteiger partial charge in [-0.2, -0.15) is 0 Å². The Kier molecular flexibility index (Phi) is 7.44. The van der Waals surface area contributed by atoms with Crippen LogP contribution >= 0.6 is 11.6 Å². The number of pyridine rings is 1. The number of amides is 2. The zero-order valence-corrected chi connectivity index (χ0v) is 19.8. The molecule has 1 aliphatic heterocycles. The number of rotatable bonds is 7. The maximum atomic E-state index is 14.5. The van der Waals surface area contributed by atoms with Crippen molar-refractivity contribution in [1.82, 2.24) is 20.1 Å². The van der Waals surface area contributed by atoms with Gasteiger partial charge in [-0.25, -0.2) is 4.39 Å². The van der Waals surface area contributed by atoms with E-state index in [0.29, 0.717) is 37.3 Å². The fraction of sp³-hybridized carbons (Fsp3) is 0.435. The van der Waals surface area contributed by atoms with Crippen molar-refractivity contribution in [2.45, 2.75) is 46.3 Å². The van der Waals surface area contributed by atoms with Crippen molar-refractivity contribution in [3.63, 3.8) is 0 Å². The number of carbonyl (C=O) groups excluding carboxylic acids is 2. The van der Waals surface area contributed by atoms with Crippen molar-refractivity contribution < 1.29 is 19.1 Å². The van der Waals surface area contributed by atoms with Crippen molar-refractivity contribution in [2.24, 2.45) is 0 Å². The van der Waals surface area contributed by atoms with Crippen LogP contribution in [0.25, 0.3) is 0 Å². The van der Waals surface area contributed by atoms with Gasteiger partial charge >= 0.3 is 0 Å². The van der Waals surface area contributed by atoms with Crippen LogP contribution in [-0.4, -0.2) is 46.5 Å². The maximum Gasteiger partial charge on any atom is 0.274 e. The topological polar surface area (TPSA) is 104 Å². The van der Waals surface area contributed by atoms with Gasteiger partial charge < -0.3 is 25.2 Å². The molecule has 0 spiro atoms. The molecule has 2 aromatic rings. The highest BCUT2D eigenvalue weighted by Crippen LogP contribution is 2.32. The molecular weight excluding hydrogens is 451 g/mol. The van der Waals surface area contributed by atoms with Crippen LogP contribution in [0.15, 0.2) is 16.9 Å². The van der Waals surface area contributed by atoms with Gasteiger partial charge in [0.05, 0.1) is 16.8 Å². The van der Waals surface area contributed by atoms with Gasteiger partial charge in [0.2, 0.25) is 5.43 Å². The van der Waals surface area contributed by atoms with Gasteiger partial charge in [0.1, 0.15) is 11.4 Å². The number of aromatic nitrogens is 1. The minimum atomic E-state index is -0.932. The van der Waals surface area contributed by atoms with Crippen LogP contribution in [0.4, 0.5) is 4.39 Å². The van der Waals surface area contributed by atoms with Crippen LogP contribution in [0.1, 0.15) is 64.0 Å². The Morgan fingerprint density at radius 2 is 2.03 bits per heavy atom. The molecule has 0 saturated carbocycles. The normalized spacial score (nSPS) is 14.8. The molecule has 178 valence electrons. The molecular formula is C23H28ClFN4O4. The Morgan fingerprint density at radius 1 is 1.33 bits per heavy atom. The third-order valence-corrected chi connectivity index (χ3v) is 6.41. The van der Waals surface area contributed by atoms with Crippen molar-refractivity contribution in [3.05, 3.63) is 61.3 Å². The van der Waals surface area contributed by atoms with Gasteiger partial charge in [0, 0.05) is 32.2 Å². The maximum absolute atomic E-state index is 14.5. The Bertz CT molecular complexity index is 1160. The van der Waals surface area contributed by atoms with Crippen LogP contribution in [0.5, 0.6) is 5.75 Å². The van der Waals surface area contributed by atoms with E-state index in [1.165, 1.54) is 15.5 Å². The van der Waals surface area contributed by atoms with E-state index < -0.39 is 28.8 Å². The standard InChI is InChI=1S/C23H28ClFN4O4/c1-5-26-14-9-10-29-18(14)15(20(30)21(31)19(29)23(33)28(4)6-2)22(32)27-11-13-8-7-12(3)16(24)17(13)25/h7-8,14,26,31H,5-6,9-11H2,1-4H3,(H,27,32)/t14-/m0/s1. The number of aromatic hydroxyl groups is 1. The number of aryl methyl sites for hydroxylation is 1. The number of fused-ring (bicyclic) bond motifs is 1. The summed E-state index contributed by atoms with van der Waals surface area (Å²) in [6, 6.07) is 2.79. The smallest absolute Gasteiger partial charge is 0.274 e. The van der Waals surface area contributed by atoms with Crippen LogP contribution in [-0.2, 0) is 13.1 Å². The lowest BCUT2D eigenvalue weighted by Crippen LogP contribution is -2.37. The molecule has 3 N–H and O–H groups in total. The van der Waals surface area contributed by atoms with Gasteiger partial charge in [0.15, 0.2) is 11.4 Å². The van der Waals surface area contributed by atoms with Gasteiger partial charge in [0.25, 0.3) is 11.8 Å². The molecule has 2 heterocycles. The van der Waals surface area contributed by atoms with Crippen LogP contribution < -0.4 is 16.1 Å². The molecule has 1 aromatic carbocycles. The number of benzene rings is 1. The number of nitrogens with one attached hydrogen (secondary N) is 2. The number of carbonyl (C=O) groups is 2. The molecule has 0 saturated heterocycles. The Balaban J connectivity index is 2.06. The molecule has 3 rings (SSSR count). The van der Waals surface area contributed by atoms with E-state index in [4.69, 9.17) is 11.6 Å². The van der Waals surface area contributed by atoms with E-state index in [-0.39, 0.29) is 34.4 Å². The SMILES string of the molecule is CCN[C@H]1CCn2c(C(=O)N(C)CC)c(O)c(=O)c(C(=O)NCc3ccc(C)c(Cl)c3F)c21. The largest absolute Gasteiger partial charge is 0.503 e. The second-order valence-corrected chi connectivity index (χ2v) is 8.39. The lowest BCUT2D eigenvalue weighted by Gasteiger charge is -2.22. The van der Waals surface area contributed by atoms with E-state index in [0.717, 1.165) is 0 Å². The summed E-state index contributed by atoms with van der Waals surface area (Å²) in [7, 11) is 1.57. The van der Waals surface area contributed by atoms with Crippen molar-refractivity contribution in [2.75, 3.05) is 20.1 Å². The molecule has 33 heavy (non-hydrogen) atoms. The molecule has 10 heteroatoms. The minimum absolute atomic E-state index is 0.0320. The highest BCUT2D eigenvalue weighted by atomic mass is 35.5. The van der Waals surface area contributed by atoms with Gasteiger partial charge in [-0.15, -0.1) is 0 Å². The van der Waals surface area contributed by atoms with E-state index >= 15 is 0 Å². The quantitative estimate of drug-likeness (QED) is 0.567. The lowest BCUT2D eigenvalue weighted by atomic mass is 10.0. The fourth-order valence-electron chi connectivity index (χ4n) is 4.01. The van der Waals surface area contributed by atoms with Gasteiger partial charge in [-0.05, 0) is 32.4 Å². The van der Waals surface area contributed by atoms with E-state index in [1.807, 2.05) is 6.92 Å². The second kappa shape index (κ2) is 9.93. The summed E-state index contributed by atoms with van der Waals surface area (Å²) in [4.78, 5) is 40.5. The third kappa shape index (κ3) is 4.47. The number of hydrogen-bond acceptors (Lipinski definition) is 5. The molecule has 0 radical (unpaired) electrons. The summed E-state index contributed by atoms with van der Waals surface area (Å²) in [5, 5.41) is 16.4. The predicted molar refractivity (Wildman–Crippen MR) is 123 cm³/mol. The third-order valence-electron chi connectivity index (χ3n) is 5.95. The summed E-state index contributed by atoms with van der Waals surface area (Å²) in [6.45, 7) is 6.44. The molecule has 1 aromatic heterocycles. The number of halogens is 2. The highest BCUT2D eigenvalue weighted by Gasteiger charge is 2.36. The van der Waals surface area contributed by atoms with E-state index in [2.05, 4.69) is 10.6 Å². The highest BCUT2D eigenvalue weighted by molar-refractivity contribution is 6.31. The van der Waals surface area contributed by atoms with E-state index in [1.54, 1.807) is 27.0 Å². The molecule has 0 aliphatic carbocycles. The summed E-state index contributed by atoms with van der Waals surface area (Å²) >= 11 is 5.96. The summed E-state index contributed by atoms with van der Waals surface area (Å²) in [6.07, 6.45) is 0.537. The van der Waals surface area contributed by atoms with Gasteiger partial charge in [-0.3, -0.25) is 14.4 Å². The Labute approximate surface area is 196 Å². The predicted octanol–water partition coefficient (Wildman–Crippen LogP) is 2.73. The van der Waals surface area contributed by atoms with E-state index in [9.17, 15) is 23.9 Å². The van der Waals surface area contributed by atoms with Crippen LogP contribution in [0, 0.1) is 12.7 Å². The minimum Gasteiger partial charge on any atom is -0.503 e. The molecule has 1 atom stereocenters. The average Bonchev–Trinajstić information content (AvgIpc) is 3.19. The first kappa shape index (κ1) is 24.7. The second-order valence-electron chi connectivity index (χ2n) is 8.01. The summed E-state index contributed by atoms with van der Waals surface area (Å²) < 4.78 is 16.0. The molecule has 1 aliphatic rings. The van der Waals surface area contributed by atoms with Crippen LogP contribution in [0.3, 0.4) is 0 Å². The first-order valence-electron chi connectivity index (χ1n) is 10.8. The first-order chi connectivity index (χ1) is 15.6. The molecule has 2 amide bonds. The fourth-order valence-corrected chi connectivity index (χ4v) is 4.19. The summed E-state index contributed by atoms with van der Waals surface area (Å²) in [5.41, 5.74) is -0.250. The molecule has 0 bridgehead atoms. The van der Waals surface area contributed by atoms with Crippen LogP contribution in [0.2, 0.25) is 5.02 Å².